The Morgan fingerprint density at radius 1 is 0.841 bits per heavy atom. The fourth-order valence-corrected chi connectivity index (χ4v) is 9.15. The first-order chi connectivity index (χ1) is 20.4. The summed E-state index contributed by atoms with van der Waals surface area (Å²) in [6.07, 6.45) is 11.9. The molecule has 2 aliphatic heterocycles. The lowest BCUT2D eigenvalue weighted by Gasteiger charge is -2.48. The lowest BCUT2D eigenvalue weighted by atomic mass is 9.56. The quantitative estimate of drug-likeness (QED) is 0.210. The average Bonchev–Trinajstić information content (AvgIpc) is 3.28. The van der Waals surface area contributed by atoms with Crippen LogP contribution < -0.4 is 9.47 Å². The molecule has 0 radical (unpaired) electrons. The third-order valence-corrected chi connectivity index (χ3v) is 13.1. The van der Waals surface area contributed by atoms with Crippen LogP contribution in [0.3, 0.4) is 0 Å². The molecule has 0 spiro atoms. The van der Waals surface area contributed by atoms with Crippen LogP contribution in [0.25, 0.3) is 28.5 Å². The van der Waals surface area contributed by atoms with Crippen LogP contribution in [0.5, 0.6) is 0 Å². The van der Waals surface area contributed by atoms with Gasteiger partial charge in [-0.2, -0.15) is 4.57 Å². The van der Waals surface area contributed by atoms with Gasteiger partial charge in [-0.15, -0.1) is 0 Å². The van der Waals surface area contributed by atoms with E-state index in [-0.39, 0.29) is 32.9 Å². The largest absolute Gasteiger partial charge is 0.318 e. The third-order valence-electron chi connectivity index (χ3n) is 13.1. The Balaban J connectivity index is 1.77. The molecule has 3 aliphatic rings. The van der Waals surface area contributed by atoms with E-state index in [1.54, 1.807) is 0 Å². The maximum atomic E-state index is 5.32. The summed E-state index contributed by atoms with van der Waals surface area (Å²) in [4.78, 5) is 13.0. The number of nitrogens with zero attached hydrogens (tertiary/aromatic N) is 5. The average molecular weight is 597 g/mol. The molecule has 5 nitrogen and oxygen atoms in total. The minimum atomic E-state index is -0.332. The molecule has 4 heterocycles. The molecular weight excluding hydrogens is 538 g/mol. The van der Waals surface area contributed by atoms with Crippen molar-refractivity contribution in [1.29, 1.82) is 0 Å². The molecule has 0 N–H and O–H groups in total. The fourth-order valence-electron chi connectivity index (χ4n) is 9.15. The van der Waals surface area contributed by atoms with Gasteiger partial charge in [-0.1, -0.05) is 95.4 Å². The third kappa shape index (κ3) is 3.67. The fraction of sp³-hybridized carbons (Fsp3) is 0.667. The summed E-state index contributed by atoms with van der Waals surface area (Å²) in [7, 11) is 2.22. The van der Waals surface area contributed by atoms with Gasteiger partial charge in [-0.25, -0.2) is 14.5 Å². The Bertz CT molecular complexity index is 1690. The minimum absolute atomic E-state index is 0.0469. The Kier molecular flexibility index (Phi) is 6.70. The first-order valence-corrected chi connectivity index (χ1v) is 17.4. The van der Waals surface area contributed by atoms with Gasteiger partial charge >= 0.3 is 0 Å². The number of aromatic nitrogens is 4. The van der Waals surface area contributed by atoms with E-state index >= 15 is 0 Å². The summed E-state index contributed by atoms with van der Waals surface area (Å²) in [6, 6.07) is 5.21. The summed E-state index contributed by atoms with van der Waals surface area (Å²) in [6.45, 7) is 31.1. The highest BCUT2D eigenvalue weighted by Crippen LogP contribution is 2.64. The second-order valence-electron chi connectivity index (χ2n) is 17.0. The second-order valence-corrected chi connectivity index (χ2v) is 17.0. The topological polar surface area (TPSA) is 37.8 Å². The van der Waals surface area contributed by atoms with Crippen molar-refractivity contribution in [3.05, 3.63) is 40.9 Å². The van der Waals surface area contributed by atoms with Crippen molar-refractivity contribution in [3.8, 4) is 11.4 Å². The predicted molar refractivity (Wildman–Crippen MR) is 185 cm³/mol. The highest BCUT2D eigenvalue weighted by atomic mass is 15.4. The SMILES string of the molecule is CCCCCC1(C)C(C)(C)c2cc3c(cc2C1(C)C)[n+]1c2n3C(CC)(CC)C=Cc3nc(C(C)(C)C)nc(c3-2)N(C)C1(C)C. The van der Waals surface area contributed by atoms with Gasteiger partial charge in [0, 0.05) is 12.5 Å². The van der Waals surface area contributed by atoms with Gasteiger partial charge in [-0.3, -0.25) is 0 Å². The standard InChI is InChI=1S/C39H58N5/c1-15-18-19-21-38(13)35(7,8)25-23-28-29(24-26(25)36(38,9)10)44-32-30-27(20-22-39(44,16-2)17-3)40-33(34(4,5)6)41-31(30)42(14)37(11,12)43(28)32/h20,22-24H,15-19,21H2,1-14H3/q+1. The number of anilines is 1. The number of hydrogen-bond donors (Lipinski definition) is 0. The van der Waals surface area contributed by atoms with Gasteiger partial charge in [-0.05, 0) is 84.8 Å². The maximum absolute atomic E-state index is 5.32. The molecule has 0 amide bonds. The van der Waals surface area contributed by atoms with Crippen LogP contribution in [0, 0.1) is 5.41 Å². The summed E-state index contributed by atoms with van der Waals surface area (Å²) in [5, 5.41) is 0. The van der Waals surface area contributed by atoms with Crippen molar-refractivity contribution in [2.45, 2.75) is 156 Å². The van der Waals surface area contributed by atoms with E-state index in [1.165, 1.54) is 59.2 Å². The second kappa shape index (κ2) is 9.42. The number of fused-ring (bicyclic) bond motifs is 4. The normalized spacial score (nSPS) is 23.5. The van der Waals surface area contributed by atoms with Gasteiger partial charge in [0.15, 0.2) is 22.5 Å². The number of imidazole rings is 1. The lowest BCUT2D eigenvalue weighted by Crippen LogP contribution is -2.65. The van der Waals surface area contributed by atoms with E-state index < -0.39 is 0 Å². The van der Waals surface area contributed by atoms with E-state index in [4.69, 9.17) is 9.97 Å². The van der Waals surface area contributed by atoms with Crippen LogP contribution in [0.15, 0.2) is 18.2 Å². The van der Waals surface area contributed by atoms with Crippen LogP contribution in [-0.2, 0) is 27.4 Å². The Labute approximate surface area is 267 Å². The Morgan fingerprint density at radius 2 is 1.45 bits per heavy atom. The van der Waals surface area contributed by atoms with Crippen molar-refractivity contribution < 1.29 is 4.57 Å². The lowest BCUT2D eigenvalue weighted by molar-refractivity contribution is -0.725. The van der Waals surface area contributed by atoms with Crippen LogP contribution in [-0.4, -0.2) is 21.6 Å². The first kappa shape index (κ1) is 31.3. The van der Waals surface area contributed by atoms with Crippen LogP contribution in [0.2, 0.25) is 0 Å². The van der Waals surface area contributed by atoms with Crippen molar-refractivity contribution in [2.24, 2.45) is 5.41 Å². The highest BCUT2D eigenvalue weighted by Gasteiger charge is 2.60. The number of allylic oxidation sites excluding steroid dienone is 1. The molecule has 5 heteroatoms. The van der Waals surface area contributed by atoms with Gasteiger partial charge in [0.1, 0.15) is 16.9 Å². The molecule has 0 bridgehead atoms. The molecule has 0 saturated heterocycles. The maximum Gasteiger partial charge on any atom is 0.298 e. The molecule has 1 unspecified atom stereocenters. The highest BCUT2D eigenvalue weighted by molar-refractivity contribution is 5.88. The van der Waals surface area contributed by atoms with E-state index in [2.05, 4.69) is 135 Å². The summed E-state index contributed by atoms with van der Waals surface area (Å²) in [5.41, 5.74) is 7.54. The van der Waals surface area contributed by atoms with E-state index in [0.717, 1.165) is 30.2 Å². The minimum Gasteiger partial charge on any atom is -0.318 e. The predicted octanol–water partition coefficient (Wildman–Crippen LogP) is 9.52. The van der Waals surface area contributed by atoms with Crippen molar-refractivity contribution in [3.63, 3.8) is 0 Å². The zero-order valence-electron chi connectivity index (χ0n) is 30.3. The van der Waals surface area contributed by atoms with Crippen LogP contribution in [0.4, 0.5) is 5.82 Å². The zero-order chi connectivity index (χ0) is 32.4. The van der Waals surface area contributed by atoms with Gasteiger partial charge in [0.05, 0.1) is 5.69 Å². The molecule has 2 aromatic heterocycles. The molecule has 1 aromatic carbocycles. The van der Waals surface area contributed by atoms with Crippen molar-refractivity contribution in [1.82, 2.24) is 14.5 Å². The monoisotopic (exact) mass is 596 g/mol. The van der Waals surface area contributed by atoms with Gasteiger partial charge in [0.2, 0.25) is 0 Å². The van der Waals surface area contributed by atoms with Crippen molar-refractivity contribution in [2.75, 3.05) is 11.9 Å². The molecule has 44 heavy (non-hydrogen) atoms. The van der Waals surface area contributed by atoms with E-state index in [1.807, 2.05) is 0 Å². The molecule has 1 atom stereocenters. The summed E-state index contributed by atoms with van der Waals surface area (Å²) in [5.74, 6) is 3.20. The molecule has 0 fully saturated rings. The summed E-state index contributed by atoms with van der Waals surface area (Å²) < 4.78 is 5.34. The Hall–Kier alpha value is -2.69. The number of hydrogen-bond acceptors (Lipinski definition) is 3. The van der Waals surface area contributed by atoms with E-state index in [0.29, 0.717) is 0 Å². The number of benzene rings is 1. The van der Waals surface area contributed by atoms with Gasteiger partial charge in [0.25, 0.3) is 5.82 Å². The molecule has 3 aromatic rings. The molecule has 238 valence electrons. The van der Waals surface area contributed by atoms with Crippen LogP contribution in [0.1, 0.15) is 151 Å². The van der Waals surface area contributed by atoms with Crippen LogP contribution >= 0.6 is 0 Å². The number of rotatable bonds is 6. The molecule has 1 aliphatic carbocycles. The molecular formula is C39H58N5+. The summed E-state index contributed by atoms with van der Waals surface area (Å²) >= 11 is 0. The zero-order valence-corrected chi connectivity index (χ0v) is 30.3. The van der Waals surface area contributed by atoms with Gasteiger partial charge < -0.3 is 4.90 Å². The Morgan fingerprint density at radius 3 is 2.02 bits per heavy atom. The molecule has 0 saturated carbocycles. The molecule has 6 rings (SSSR count). The van der Waals surface area contributed by atoms with Crippen molar-refractivity contribution >= 4 is 22.9 Å². The smallest absolute Gasteiger partial charge is 0.298 e. The number of unbranched alkanes of at least 4 members (excludes halogenated alkanes) is 2. The van der Waals surface area contributed by atoms with E-state index in [9.17, 15) is 0 Å². The first-order valence-electron chi connectivity index (χ1n) is 17.4.